The molecule has 0 aromatic heterocycles. The van der Waals surface area contributed by atoms with Crippen molar-refractivity contribution in [2.45, 2.75) is 44.2 Å². The normalized spacial score (nSPS) is 17.8. The van der Waals surface area contributed by atoms with Crippen LogP contribution in [0.3, 0.4) is 0 Å². The van der Waals surface area contributed by atoms with Crippen molar-refractivity contribution in [2.75, 3.05) is 11.1 Å². The van der Waals surface area contributed by atoms with Gasteiger partial charge in [-0.3, -0.25) is 44.7 Å². The molecule has 41 heavy (non-hydrogen) atoms. The molecule has 2 aromatic carbocycles. The van der Waals surface area contributed by atoms with Crippen LogP contribution in [0.4, 0.5) is 22.7 Å². The van der Waals surface area contributed by atoms with Crippen molar-refractivity contribution in [3.05, 3.63) is 71.8 Å². The summed E-state index contributed by atoms with van der Waals surface area (Å²) in [5.41, 5.74) is -2.86. The fourth-order valence-electron chi connectivity index (χ4n) is 3.84. The van der Waals surface area contributed by atoms with Crippen molar-refractivity contribution >= 4 is 67.4 Å². The molecule has 2 aromatic rings. The van der Waals surface area contributed by atoms with E-state index in [9.17, 15) is 44.7 Å². The molecule has 1 amide bonds. The van der Waals surface area contributed by atoms with Gasteiger partial charge in [0.15, 0.2) is 0 Å². The highest BCUT2D eigenvalue weighted by Gasteiger charge is 2.46. The monoisotopic (exact) mass is 654 g/mol. The predicted molar refractivity (Wildman–Crippen MR) is 149 cm³/mol. The molecule has 1 aliphatic rings. The molecular weight excluding hydrogens is 632 g/mol. The lowest BCUT2D eigenvalue weighted by Gasteiger charge is -2.41. The number of nitro groups is 3. The number of alkyl halides is 1. The van der Waals surface area contributed by atoms with Crippen LogP contribution < -0.4 is 10.1 Å². The first-order valence-electron chi connectivity index (χ1n) is 11.8. The van der Waals surface area contributed by atoms with Crippen molar-refractivity contribution in [1.82, 2.24) is 0 Å². The Morgan fingerprint density at radius 3 is 2.15 bits per heavy atom. The summed E-state index contributed by atoms with van der Waals surface area (Å²) in [6, 6.07) is 4.98. The van der Waals surface area contributed by atoms with Gasteiger partial charge in [-0.15, -0.1) is 0 Å². The number of amides is 1. The Hall–Kier alpha value is -4.12. The van der Waals surface area contributed by atoms with Gasteiger partial charge in [-0.2, -0.15) is 0 Å². The van der Waals surface area contributed by atoms with Crippen LogP contribution in [0.2, 0.25) is 0 Å². The quantitative estimate of drug-likeness (QED) is 0.162. The lowest BCUT2D eigenvalue weighted by Crippen LogP contribution is -2.47. The van der Waals surface area contributed by atoms with Gasteiger partial charge in [0.25, 0.3) is 17.1 Å². The molecule has 0 saturated heterocycles. The standard InChI is InChI=1S/C24H23BrN4O11S/c1-11(10-41-23(32)13-5-14(27(33)34)7-15(6-13)28(35)36)22(31)39-20-16-8-18(29(37)38)17(26-12(2)30)9-19(16)40-24(3,4)21(20)25/h5-9,11,20-21H,10H2,1-4H3,(H,26,30)/t11-,20+,21-/m0/s1. The fraction of sp³-hybridized carbons (Fsp3) is 0.375. The number of carbonyl (C=O) groups is 3. The third-order valence-electron chi connectivity index (χ3n) is 5.91. The molecule has 0 fully saturated rings. The molecule has 1 N–H and O–H groups in total. The largest absolute Gasteiger partial charge is 0.486 e. The van der Waals surface area contributed by atoms with Crippen LogP contribution in [0.1, 0.15) is 49.7 Å². The van der Waals surface area contributed by atoms with E-state index < -0.39 is 71.3 Å². The smallest absolute Gasteiger partial charge is 0.310 e. The molecule has 0 aliphatic carbocycles. The molecule has 0 radical (unpaired) electrons. The number of esters is 1. The average molecular weight is 655 g/mol. The third-order valence-corrected chi connectivity index (χ3v) is 8.66. The highest BCUT2D eigenvalue weighted by atomic mass is 79.9. The number of nitrogens with zero attached hydrogens (tertiary/aromatic N) is 3. The van der Waals surface area contributed by atoms with Crippen LogP contribution in [0.25, 0.3) is 0 Å². The minimum Gasteiger partial charge on any atom is -0.486 e. The summed E-state index contributed by atoms with van der Waals surface area (Å²) in [7, 11) is 0. The Morgan fingerprint density at radius 2 is 1.63 bits per heavy atom. The molecule has 0 unspecified atom stereocenters. The minimum absolute atomic E-state index is 0.0974. The van der Waals surface area contributed by atoms with Crippen LogP contribution in [0, 0.1) is 36.3 Å². The maximum absolute atomic E-state index is 13.1. The molecule has 1 aliphatic heterocycles. The zero-order valence-electron chi connectivity index (χ0n) is 21.9. The third kappa shape index (κ3) is 7.15. The molecule has 3 atom stereocenters. The Bertz CT molecular complexity index is 1430. The predicted octanol–water partition coefficient (Wildman–Crippen LogP) is 5.10. The van der Waals surface area contributed by atoms with Crippen molar-refractivity contribution in [1.29, 1.82) is 0 Å². The van der Waals surface area contributed by atoms with E-state index in [4.69, 9.17) is 9.47 Å². The summed E-state index contributed by atoms with van der Waals surface area (Å²) in [4.78, 5) is 68.2. The van der Waals surface area contributed by atoms with Crippen LogP contribution in [-0.4, -0.2) is 47.9 Å². The van der Waals surface area contributed by atoms with E-state index >= 15 is 0 Å². The van der Waals surface area contributed by atoms with Crippen LogP contribution >= 0.6 is 27.7 Å². The number of rotatable bonds is 9. The number of nitrogens with one attached hydrogen (secondary N) is 1. The molecule has 0 bridgehead atoms. The van der Waals surface area contributed by atoms with Gasteiger partial charge in [0.2, 0.25) is 11.0 Å². The van der Waals surface area contributed by atoms with Gasteiger partial charge < -0.3 is 14.8 Å². The minimum atomic E-state index is -1.06. The highest BCUT2D eigenvalue weighted by Crippen LogP contribution is 2.48. The first-order valence-corrected chi connectivity index (χ1v) is 13.7. The SMILES string of the molecule is CC(=O)Nc1cc2c(cc1[N+](=O)[O-])[C@@H](OC(=O)[C@@H](C)CSC(=O)c1cc([N+](=O)[O-])cc([N+](=O)[O-])c1)[C@H](Br)C(C)(C)O2. The van der Waals surface area contributed by atoms with E-state index in [0.29, 0.717) is 11.8 Å². The summed E-state index contributed by atoms with van der Waals surface area (Å²) < 4.78 is 11.7. The number of carbonyl (C=O) groups excluding carboxylic acids is 3. The summed E-state index contributed by atoms with van der Waals surface area (Å²) in [6.07, 6.45) is -1.06. The molecule has 15 nitrogen and oxygen atoms in total. The van der Waals surface area contributed by atoms with Crippen molar-refractivity contribution in [3.8, 4) is 5.75 Å². The summed E-state index contributed by atoms with van der Waals surface area (Å²) in [5.74, 6) is -2.18. The topological polar surface area (TPSA) is 211 Å². The molecule has 0 saturated carbocycles. The van der Waals surface area contributed by atoms with Gasteiger partial charge >= 0.3 is 5.97 Å². The number of thioether (sulfide) groups is 1. The highest BCUT2D eigenvalue weighted by molar-refractivity contribution is 9.09. The van der Waals surface area contributed by atoms with E-state index in [1.807, 2.05) is 0 Å². The summed E-state index contributed by atoms with van der Waals surface area (Å²) in [6.45, 7) is 6.06. The molecule has 218 valence electrons. The average Bonchev–Trinajstić information content (AvgIpc) is 2.88. The van der Waals surface area contributed by atoms with E-state index in [1.54, 1.807) is 13.8 Å². The van der Waals surface area contributed by atoms with Crippen molar-refractivity contribution in [3.63, 3.8) is 0 Å². The van der Waals surface area contributed by atoms with Crippen molar-refractivity contribution < 1.29 is 38.6 Å². The van der Waals surface area contributed by atoms with Crippen LogP contribution in [-0.2, 0) is 14.3 Å². The maximum atomic E-state index is 13.1. The molecular formula is C24H23BrN4O11S. The zero-order chi connectivity index (χ0) is 30.8. The van der Waals surface area contributed by atoms with Gasteiger partial charge in [0.1, 0.15) is 23.1 Å². The molecule has 1 heterocycles. The number of benzene rings is 2. The van der Waals surface area contributed by atoms with Crippen LogP contribution in [0.5, 0.6) is 5.75 Å². The van der Waals surface area contributed by atoms with Crippen LogP contribution in [0.15, 0.2) is 30.3 Å². The maximum Gasteiger partial charge on any atom is 0.310 e. The van der Waals surface area contributed by atoms with E-state index in [0.717, 1.165) is 24.3 Å². The first-order chi connectivity index (χ1) is 19.0. The lowest BCUT2D eigenvalue weighted by atomic mass is 9.90. The molecule has 0 spiro atoms. The Kier molecular flexibility index (Phi) is 9.33. The number of hydrogen-bond acceptors (Lipinski definition) is 12. The second-order valence-electron chi connectivity index (χ2n) is 9.56. The summed E-state index contributed by atoms with van der Waals surface area (Å²) in [5, 5.41) is 35.6. The number of nitro benzene ring substituents is 3. The number of non-ortho nitro benzene ring substituents is 2. The number of ether oxygens (including phenoxy) is 2. The number of anilines is 1. The summed E-state index contributed by atoms with van der Waals surface area (Å²) >= 11 is 4.08. The van der Waals surface area contributed by atoms with E-state index in [2.05, 4.69) is 21.2 Å². The number of halogens is 1. The zero-order valence-corrected chi connectivity index (χ0v) is 24.3. The van der Waals surface area contributed by atoms with Crippen molar-refractivity contribution in [2.24, 2.45) is 5.92 Å². The van der Waals surface area contributed by atoms with E-state index in [-0.39, 0.29) is 28.3 Å². The van der Waals surface area contributed by atoms with Gasteiger partial charge in [0.05, 0.1) is 31.6 Å². The van der Waals surface area contributed by atoms with E-state index in [1.165, 1.54) is 19.9 Å². The Morgan fingerprint density at radius 1 is 1.05 bits per heavy atom. The van der Waals surface area contributed by atoms with Gasteiger partial charge in [-0.1, -0.05) is 34.6 Å². The second-order valence-corrected chi connectivity index (χ2v) is 11.5. The van der Waals surface area contributed by atoms with Gasteiger partial charge in [0, 0.05) is 48.1 Å². The van der Waals surface area contributed by atoms with Gasteiger partial charge in [-0.25, -0.2) is 0 Å². The first kappa shape index (κ1) is 31.4. The molecule has 3 rings (SSSR count). The Labute approximate surface area is 244 Å². The van der Waals surface area contributed by atoms with Gasteiger partial charge in [-0.05, 0) is 13.8 Å². The second kappa shape index (κ2) is 12.2. The Balaban J connectivity index is 1.82. The lowest BCUT2D eigenvalue weighted by molar-refractivity contribution is -0.394. The number of fused-ring (bicyclic) bond motifs is 1. The number of hydrogen-bond donors (Lipinski definition) is 1. The fourth-order valence-corrected chi connectivity index (χ4v) is 5.15. The molecule has 17 heteroatoms.